The summed E-state index contributed by atoms with van der Waals surface area (Å²) in [6.07, 6.45) is 0. The lowest BCUT2D eigenvalue weighted by atomic mass is 10.0. The fourth-order valence-corrected chi connectivity index (χ4v) is 2.77. The Kier molecular flexibility index (Phi) is 3.39. The third-order valence-electron chi connectivity index (χ3n) is 2.80. The highest BCUT2D eigenvalue weighted by Crippen LogP contribution is 2.30. The van der Waals surface area contributed by atoms with E-state index in [0.29, 0.717) is 10.6 Å². The number of carboxylic acids is 1. The number of carbonyl (C=O) groups is 1. The van der Waals surface area contributed by atoms with Gasteiger partial charge in [0.05, 0.1) is 5.69 Å². The summed E-state index contributed by atoms with van der Waals surface area (Å²) in [4.78, 5) is 11.4. The average molecular weight is 261 g/mol. The number of hydrogen-bond donors (Lipinski definition) is 2. The molecule has 4 heteroatoms. The summed E-state index contributed by atoms with van der Waals surface area (Å²) in [7, 11) is 0. The maximum absolute atomic E-state index is 11.1. The number of aromatic carboxylic acids is 1. The van der Waals surface area contributed by atoms with Gasteiger partial charge in [-0.3, -0.25) is 0 Å². The molecular formula is C14H15NO2S. The molecule has 0 radical (unpaired) electrons. The van der Waals surface area contributed by atoms with Crippen molar-refractivity contribution in [2.24, 2.45) is 0 Å². The van der Waals surface area contributed by atoms with E-state index in [9.17, 15) is 4.79 Å². The van der Waals surface area contributed by atoms with Crippen LogP contribution in [0.3, 0.4) is 0 Å². The van der Waals surface area contributed by atoms with Gasteiger partial charge in [0.1, 0.15) is 4.88 Å². The third kappa shape index (κ3) is 2.38. The van der Waals surface area contributed by atoms with Gasteiger partial charge in [0.15, 0.2) is 0 Å². The van der Waals surface area contributed by atoms with Crippen molar-refractivity contribution in [2.75, 3.05) is 5.32 Å². The molecule has 2 rings (SSSR count). The second-order valence-electron chi connectivity index (χ2n) is 4.37. The van der Waals surface area contributed by atoms with Crippen LogP contribution >= 0.6 is 11.3 Å². The Hall–Kier alpha value is -1.81. The van der Waals surface area contributed by atoms with Crippen molar-refractivity contribution in [2.45, 2.75) is 20.8 Å². The van der Waals surface area contributed by atoms with E-state index in [1.165, 1.54) is 16.9 Å². The second kappa shape index (κ2) is 4.82. The van der Waals surface area contributed by atoms with Crippen molar-refractivity contribution in [1.29, 1.82) is 0 Å². The largest absolute Gasteiger partial charge is 0.477 e. The molecule has 1 aromatic carbocycles. The third-order valence-corrected chi connectivity index (χ3v) is 3.70. The van der Waals surface area contributed by atoms with Gasteiger partial charge >= 0.3 is 5.97 Å². The van der Waals surface area contributed by atoms with Crippen molar-refractivity contribution in [1.82, 2.24) is 0 Å². The minimum atomic E-state index is -0.894. The van der Waals surface area contributed by atoms with Crippen LogP contribution < -0.4 is 5.32 Å². The van der Waals surface area contributed by atoms with Crippen LogP contribution in [-0.2, 0) is 0 Å². The number of nitrogens with one attached hydrogen (secondary N) is 1. The van der Waals surface area contributed by atoms with E-state index in [1.54, 1.807) is 11.4 Å². The van der Waals surface area contributed by atoms with Gasteiger partial charge in [-0.05, 0) is 43.3 Å². The zero-order valence-electron chi connectivity index (χ0n) is 10.6. The summed E-state index contributed by atoms with van der Waals surface area (Å²) >= 11 is 1.23. The molecule has 18 heavy (non-hydrogen) atoms. The molecular weight excluding hydrogens is 246 g/mol. The van der Waals surface area contributed by atoms with Crippen LogP contribution in [0.1, 0.15) is 26.4 Å². The number of anilines is 2. The molecule has 0 fully saturated rings. The SMILES string of the molecule is Cc1cc(C)c(Nc2ccsc2C(=O)O)c(C)c1. The lowest BCUT2D eigenvalue weighted by Crippen LogP contribution is -2.01. The molecule has 0 bridgehead atoms. The van der Waals surface area contributed by atoms with Gasteiger partial charge < -0.3 is 10.4 Å². The smallest absolute Gasteiger partial charge is 0.348 e. The van der Waals surface area contributed by atoms with E-state index in [2.05, 4.69) is 24.4 Å². The van der Waals surface area contributed by atoms with E-state index in [1.807, 2.05) is 13.8 Å². The number of rotatable bonds is 3. The number of carboxylic acid groups (broad SMARTS) is 1. The Labute approximate surface area is 110 Å². The highest BCUT2D eigenvalue weighted by Gasteiger charge is 2.13. The molecule has 3 nitrogen and oxygen atoms in total. The first-order valence-electron chi connectivity index (χ1n) is 5.64. The van der Waals surface area contributed by atoms with Gasteiger partial charge in [-0.25, -0.2) is 4.79 Å². The Morgan fingerprint density at radius 1 is 1.22 bits per heavy atom. The molecule has 1 aromatic heterocycles. The van der Waals surface area contributed by atoms with Gasteiger partial charge in [0.2, 0.25) is 0 Å². The molecule has 0 saturated carbocycles. The van der Waals surface area contributed by atoms with Gasteiger partial charge in [-0.15, -0.1) is 11.3 Å². The van der Waals surface area contributed by atoms with Crippen LogP contribution in [0.25, 0.3) is 0 Å². The summed E-state index contributed by atoms with van der Waals surface area (Å²) in [6, 6.07) is 5.97. The minimum absolute atomic E-state index is 0.342. The number of benzene rings is 1. The molecule has 0 spiro atoms. The lowest BCUT2D eigenvalue weighted by Gasteiger charge is -2.13. The fourth-order valence-electron chi connectivity index (χ4n) is 2.09. The highest BCUT2D eigenvalue weighted by molar-refractivity contribution is 7.12. The quantitative estimate of drug-likeness (QED) is 0.874. The first kappa shape index (κ1) is 12.6. The molecule has 0 aliphatic carbocycles. The first-order valence-corrected chi connectivity index (χ1v) is 6.52. The van der Waals surface area contributed by atoms with Gasteiger partial charge in [0.25, 0.3) is 0 Å². The zero-order chi connectivity index (χ0) is 13.3. The summed E-state index contributed by atoms with van der Waals surface area (Å²) in [5, 5.41) is 14.1. The maximum atomic E-state index is 11.1. The summed E-state index contributed by atoms with van der Waals surface area (Å²) in [5.41, 5.74) is 5.09. The van der Waals surface area contributed by atoms with Crippen molar-refractivity contribution < 1.29 is 9.90 Å². The Morgan fingerprint density at radius 3 is 2.39 bits per heavy atom. The van der Waals surface area contributed by atoms with Crippen LogP contribution in [-0.4, -0.2) is 11.1 Å². The molecule has 2 aromatic rings. The molecule has 0 unspecified atom stereocenters. The Balaban J connectivity index is 2.40. The predicted molar refractivity (Wildman–Crippen MR) is 75.2 cm³/mol. The van der Waals surface area contributed by atoms with E-state index >= 15 is 0 Å². The summed E-state index contributed by atoms with van der Waals surface area (Å²) in [6.45, 7) is 6.10. The fraction of sp³-hybridized carbons (Fsp3) is 0.214. The van der Waals surface area contributed by atoms with Crippen LogP contribution in [0, 0.1) is 20.8 Å². The van der Waals surface area contributed by atoms with Crippen molar-refractivity contribution in [3.63, 3.8) is 0 Å². The van der Waals surface area contributed by atoms with Crippen molar-refractivity contribution >= 4 is 28.7 Å². The van der Waals surface area contributed by atoms with Crippen LogP contribution in [0.5, 0.6) is 0 Å². The monoisotopic (exact) mass is 261 g/mol. The van der Waals surface area contributed by atoms with Crippen LogP contribution in [0.4, 0.5) is 11.4 Å². The standard InChI is InChI=1S/C14H15NO2S/c1-8-6-9(2)12(10(3)7-8)15-11-4-5-18-13(11)14(16)17/h4-7,15H,1-3H3,(H,16,17). The van der Waals surface area contributed by atoms with Crippen LogP contribution in [0.2, 0.25) is 0 Å². The van der Waals surface area contributed by atoms with E-state index in [4.69, 9.17) is 5.11 Å². The Bertz CT molecular complexity index is 579. The summed E-state index contributed by atoms with van der Waals surface area (Å²) < 4.78 is 0. The molecule has 2 N–H and O–H groups in total. The second-order valence-corrected chi connectivity index (χ2v) is 5.28. The zero-order valence-corrected chi connectivity index (χ0v) is 11.4. The van der Waals surface area contributed by atoms with Gasteiger partial charge in [-0.1, -0.05) is 17.7 Å². The molecule has 0 saturated heterocycles. The van der Waals surface area contributed by atoms with Crippen molar-refractivity contribution in [3.05, 3.63) is 45.1 Å². The molecule has 0 atom stereocenters. The van der Waals surface area contributed by atoms with E-state index < -0.39 is 5.97 Å². The Morgan fingerprint density at radius 2 is 1.83 bits per heavy atom. The lowest BCUT2D eigenvalue weighted by molar-refractivity contribution is 0.0703. The normalized spacial score (nSPS) is 10.4. The molecule has 0 amide bonds. The number of thiophene rings is 1. The molecule has 94 valence electrons. The highest BCUT2D eigenvalue weighted by atomic mass is 32.1. The average Bonchev–Trinajstić information content (AvgIpc) is 2.71. The van der Waals surface area contributed by atoms with E-state index in [0.717, 1.165) is 16.8 Å². The first-order chi connectivity index (χ1) is 8.49. The molecule has 1 heterocycles. The minimum Gasteiger partial charge on any atom is -0.477 e. The molecule has 0 aliphatic rings. The maximum Gasteiger partial charge on any atom is 0.348 e. The number of hydrogen-bond acceptors (Lipinski definition) is 3. The summed E-state index contributed by atoms with van der Waals surface area (Å²) in [5.74, 6) is -0.894. The molecule has 0 aliphatic heterocycles. The van der Waals surface area contributed by atoms with Crippen molar-refractivity contribution in [3.8, 4) is 0 Å². The van der Waals surface area contributed by atoms with E-state index in [-0.39, 0.29) is 0 Å². The van der Waals surface area contributed by atoms with Crippen LogP contribution in [0.15, 0.2) is 23.6 Å². The number of aryl methyl sites for hydroxylation is 3. The van der Waals surface area contributed by atoms with Gasteiger partial charge in [-0.2, -0.15) is 0 Å². The predicted octanol–water partition coefficient (Wildman–Crippen LogP) is 4.12. The topological polar surface area (TPSA) is 49.3 Å². The van der Waals surface area contributed by atoms with Gasteiger partial charge in [0, 0.05) is 5.69 Å².